The summed E-state index contributed by atoms with van der Waals surface area (Å²) < 4.78 is 0.240. The smallest absolute Gasteiger partial charge is 0.311 e. The highest BCUT2D eigenvalue weighted by Crippen LogP contribution is 2.15. The highest BCUT2D eigenvalue weighted by atomic mass is 35.5. The van der Waals surface area contributed by atoms with E-state index in [4.69, 9.17) is 16.7 Å². The second-order valence-electron chi connectivity index (χ2n) is 1.98. The predicted octanol–water partition coefficient (Wildman–Crippen LogP) is 1.45. The van der Waals surface area contributed by atoms with Crippen LogP contribution in [-0.2, 0) is 4.79 Å². The Morgan fingerprint density at radius 2 is 2.33 bits per heavy atom. The van der Waals surface area contributed by atoms with Crippen molar-refractivity contribution in [3.05, 3.63) is 15.5 Å². The van der Waals surface area contributed by atoms with E-state index in [2.05, 4.69) is 4.98 Å². The molecule has 0 amide bonds. The van der Waals surface area contributed by atoms with Crippen molar-refractivity contribution in [1.29, 1.82) is 0 Å². The molecule has 0 saturated carbocycles. The fourth-order valence-electron chi connectivity index (χ4n) is 0.608. The average molecular weight is 206 g/mol. The summed E-state index contributed by atoms with van der Waals surface area (Å²) in [4.78, 5) is 24.7. The first-order valence-electron chi connectivity index (χ1n) is 2.95. The zero-order chi connectivity index (χ0) is 9.14. The molecule has 1 rings (SSSR count). The summed E-state index contributed by atoms with van der Waals surface area (Å²) in [6, 6.07) is 0. The van der Waals surface area contributed by atoms with E-state index in [0.29, 0.717) is 0 Å². The third kappa shape index (κ3) is 2.28. The maximum absolute atomic E-state index is 11.0. The number of carbonyl (C=O) groups is 2. The lowest BCUT2D eigenvalue weighted by Crippen LogP contribution is -2.06. The first kappa shape index (κ1) is 9.15. The van der Waals surface area contributed by atoms with E-state index in [-0.39, 0.29) is 10.2 Å². The summed E-state index contributed by atoms with van der Waals surface area (Å²) >= 11 is 6.55. The molecule has 0 aliphatic rings. The highest BCUT2D eigenvalue weighted by Gasteiger charge is 2.13. The Morgan fingerprint density at radius 1 is 1.67 bits per heavy atom. The summed E-state index contributed by atoms with van der Waals surface area (Å²) in [5, 5.41) is 9.71. The number of carbonyl (C=O) groups excluding carboxylic acids is 1. The van der Waals surface area contributed by atoms with Crippen molar-refractivity contribution in [3.63, 3.8) is 0 Å². The van der Waals surface area contributed by atoms with Crippen LogP contribution >= 0.6 is 22.9 Å². The summed E-state index contributed by atoms with van der Waals surface area (Å²) in [5.74, 6) is -1.69. The van der Waals surface area contributed by atoms with Crippen LogP contribution in [0.4, 0.5) is 0 Å². The van der Waals surface area contributed by atoms with Crippen LogP contribution in [0.5, 0.6) is 0 Å². The van der Waals surface area contributed by atoms with Crippen molar-refractivity contribution in [3.8, 4) is 0 Å². The van der Waals surface area contributed by atoms with Gasteiger partial charge in [-0.25, -0.2) is 4.98 Å². The molecule has 1 aromatic heterocycles. The minimum Gasteiger partial charge on any atom is -0.481 e. The van der Waals surface area contributed by atoms with Gasteiger partial charge in [0.05, 0.1) is 0 Å². The Kier molecular flexibility index (Phi) is 2.78. The van der Waals surface area contributed by atoms with Gasteiger partial charge in [-0.15, -0.1) is 11.3 Å². The quantitative estimate of drug-likeness (QED) is 0.599. The molecule has 0 aliphatic carbocycles. The van der Waals surface area contributed by atoms with Gasteiger partial charge in [-0.3, -0.25) is 9.59 Å². The van der Waals surface area contributed by atoms with Crippen LogP contribution in [0.2, 0.25) is 4.47 Å². The van der Waals surface area contributed by atoms with E-state index < -0.39 is 18.2 Å². The van der Waals surface area contributed by atoms with Crippen LogP contribution in [0, 0.1) is 0 Å². The summed E-state index contributed by atoms with van der Waals surface area (Å²) in [5.41, 5.74) is 0.118. The monoisotopic (exact) mass is 205 g/mol. The highest BCUT2D eigenvalue weighted by molar-refractivity contribution is 7.14. The van der Waals surface area contributed by atoms with Crippen molar-refractivity contribution in [2.45, 2.75) is 6.42 Å². The topological polar surface area (TPSA) is 67.3 Å². The molecule has 12 heavy (non-hydrogen) atoms. The Balaban J connectivity index is 2.72. The third-order valence-corrected chi connectivity index (χ3v) is 2.05. The molecular formula is C6H4ClNO3S. The van der Waals surface area contributed by atoms with Crippen molar-refractivity contribution in [1.82, 2.24) is 4.98 Å². The number of rotatable bonds is 3. The van der Waals surface area contributed by atoms with Crippen molar-refractivity contribution in [2.75, 3.05) is 0 Å². The standard InChI is InChI=1S/C6H4ClNO3S/c7-6-8-3(2-12-6)4(9)1-5(10)11/h2H,1H2,(H,10,11). The molecule has 0 atom stereocenters. The normalized spacial score (nSPS) is 9.75. The number of halogens is 1. The Bertz CT molecular complexity index is 322. The van der Waals surface area contributed by atoms with Gasteiger partial charge in [-0.2, -0.15) is 0 Å². The first-order chi connectivity index (χ1) is 5.59. The van der Waals surface area contributed by atoms with E-state index in [1.807, 2.05) is 0 Å². The van der Waals surface area contributed by atoms with Gasteiger partial charge < -0.3 is 5.11 Å². The zero-order valence-electron chi connectivity index (χ0n) is 5.78. The molecule has 0 unspecified atom stereocenters. The molecule has 0 aromatic carbocycles. The molecule has 6 heteroatoms. The molecular weight excluding hydrogens is 202 g/mol. The number of Topliss-reactive ketones (excluding diaryl/α,β-unsaturated/α-hetero) is 1. The van der Waals surface area contributed by atoms with Crippen LogP contribution in [0.1, 0.15) is 16.9 Å². The number of aromatic nitrogens is 1. The van der Waals surface area contributed by atoms with Crippen LogP contribution in [-0.4, -0.2) is 21.8 Å². The number of nitrogens with zero attached hydrogens (tertiary/aromatic N) is 1. The lowest BCUT2D eigenvalue weighted by Gasteiger charge is -1.89. The van der Waals surface area contributed by atoms with E-state index in [1.165, 1.54) is 5.38 Å². The second kappa shape index (κ2) is 3.64. The number of hydrogen-bond acceptors (Lipinski definition) is 4. The molecule has 64 valence electrons. The molecule has 4 nitrogen and oxygen atoms in total. The van der Waals surface area contributed by atoms with Crippen LogP contribution in [0.25, 0.3) is 0 Å². The average Bonchev–Trinajstić information content (AvgIpc) is 2.34. The number of aliphatic carboxylic acids is 1. The van der Waals surface area contributed by atoms with Crippen molar-refractivity contribution < 1.29 is 14.7 Å². The van der Waals surface area contributed by atoms with Gasteiger partial charge in [-0.05, 0) is 0 Å². The molecule has 0 radical (unpaired) electrons. The van der Waals surface area contributed by atoms with Gasteiger partial charge in [0.15, 0.2) is 10.3 Å². The summed E-state index contributed by atoms with van der Waals surface area (Å²) in [7, 11) is 0. The maximum Gasteiger partial charge on any atom is 0.311 e. The largest absolute Gasteiger partial charge is 0.481 e. The van der Waals surface area contributed by atoms with E-state index in [9.17, 15) is 9.59 Å². The van der Waals surface area contributed by atoms with Gasteiger partial charge in [0, 0.05) is 5.38 Å². The lowest BCUT2D eigenvalue weighted by molar-refractivity contribution is -0.135. The fourth-order valence-corrected chi connectivity index (χ4v) is 1.38. The Morgan fingerprint density at radius 3 is 2.75 bits per heavy atom. The molecule has 1 aromatic rings. The van der Waals surface area contributed by atoms with Gasteiger partial charge in [0.2, 0.25) is 0 Å². The van der Waals surface area contributed by atoms with Crippen molar-refractivity contribution >= 4 is 34.7 Å². The first-order valence-corrected chi connectivity index (χ1v) is 4.21. The van der Waals surface area contributed by atoms with Crippen molar-refractivity contribution in [2.24, 2.45) is 0 Å². The van der Waals surface area contributed by atoms with E-state index in [0.717, 1.165) is 11.3 Å². The summed E-state index contributed by atoms with van der Waals surface area (Å²) in [6.45, 7) is 0. The predicted molar refractivity (Wildman–Crippen MR) is 43.7 cm³/mol. The van der Waals surface area contributed by atoms with E-state index in [1.54, 1.807) is 0 Å². The van der Waals surface area contributed by atoms with E-state index >= 15 is 0 Å². The molecule has 0 spiro atoms. The zero-order valence-corrected chi connectivity index (χ0v) is 7.35. The minimum atomic E-state index is -1.16. The third-order valence-electron chi connectivity index (χ3n) is 1.07. The van der Waals surface area contributed by atoms with Gasteiger partial charge >= 0.3 is 5.97 Å². The number of thiazole rings is 1. The Hall–Kier alpha value is -0.940. The van der Waals surface area contributed by atoms with Gasteiger partial charge in [0.25, 0.3) is 0 Å². The number of ketones is 1. The molecule has 1 N–H and O–H groups in total. The number of carboxylic acid groups (broad SMARTS) is 1. The van der Waals surface area contributed by atoms with Crippen LogP contribution in [0.15, 0.2) is 5.38 Å². The number of hydrogen-bond donors (Lipinski definition) is 1. The molecule has 0 bridgehead atoms. The Labute approximate surface area is 76.8 Å². The van der Waals surface area contributed by atoms with Crippen LogP contribution < -0.4 is 0 Å². The summed E-state index contributed by atoms with van der Waals surface area (Å²) in [6.07, 6.45) is -0.542. The lowest BCUT2D eigenvalue weighted by atomic mass is 10.2. The molecule has 0 fully saturated rings. The van der Waals surface area contributed by atoms with Gasteiger partial charge in [-0.1, -0.05) is 11.6 Å². The van der Waals surface area contributed by atoms with Crippen LogP contribution in [0.3, 0.4) is 0 Å². The molecule has 0 aliphatic heterocycles. The van der Waals surface area contributed by atoms with Gasteiger partial charge in [0.1, 0.15) is 12.1 Å². The minimum absolute atomic E-state index is 0.118. The molecule has 0 saturated heterocycles. The molecule has 1 heterocycles. The fraction of sp³-hybridized carbons (Fsp3) is 0.167. The maximum atomic E-state index is 11.0. The second-order valence-corrected chi connectivity index (χ2v) is 3.42. The SMILES string of the molecule is O=C(O)CC(=O)c1csc(Cl)n1. The number of carboxylic acids is 1.